The van der Waals surface area contributed by atoms with Crippen molar-refractivity contribution < 1.29 is 19.1 Å². The fourth-order valence-electron chi connectivity index (χ4n) is 2.56. The van der Waals surface area contributed by atoms with Crippen molar-refractivity contribution in [2.75, 3.05) is 11.9 Å². The average Bonchev–Trinajstić information content (AvgIpc) is 2.61. The molecule has 0 radical (unpaired) electrons. The lowest BCUT2D eigenvalue weighted by molar-refractivity contribution is -0.122. The lowest BCUT2D eigenvalue weighted by Crippen LogP contribution is -2.30. The van der Waals surface area contributed by atoms with E-state index < -0.39 is 12.1 Å². The number of hydrogen-bond donors (Lipinski definition) is 1. The standard InChI is InChI=1S/C21H24ClNO4/c1-6-26-21(25)16-8-7-12(2)18(11-16)23-20(24)15(5)27-17-9-13(3)19(22)14(4)10-17/h7-11,15H,6H2,1-5H3,(H,23,24). The van der Waals surface area contributed by atoms with Crippen molar-refractivity contribution in [2.24, 2.45) is 0 Å². The van der Waals surface area contributed by atoms with Crippen LogP contribution in [0.25, 0.3) is 0 Å². The Labute approximate surface area is 164 Å². The molecule has 2 aromatic rings. The zero-order valence-corrected chi connectivity index (χ0v) is 16.9. The Morgan fingerprint density at radius 1 is 1.07 bits per heavy atom. The van der Waals surface area contributed by atoms with E-state index in [-0.39, 0.29) is 5.91 Å². The van der Waals surface area contributed by atoms with E-state index in [1.165, 1.54) is 0 Å². The smallest absolute Gasteiger partial charge is 0.338 e. The molecule has 6 heteroatoms. The Morgan fingerprint density at radius 3 is 2.30 bits per heavy atom. The topological polar surface area (TPSA) is 64.6 Å². The van der Waals surface area contributed by atoms with Gasteiger partial charge in [0.25, 0.3) is 5.91 Å². The molecule has 144 valence electrons. The first-order valence-electron chi connectivity index (χ1n) is 8.75. The minimum atomic E-state index is -0.726. The lowest BCUT2D eigenvalue weighted by atomic mass is 10.1. The Bertz CT molecular complexity index is 840. The number of hydrogen-bond acceptors (Lipinski definition) is 4. The van der Waals surface area contributed by atoms with E-state index in [9.17, 15) is 9.59 Å². The number of halogens is 1. The van der Waals surface area contributed by atoms with E-state index in [1.54, 1.807) is 44.2 Å². The summed E-state index contributed by atoms with van der Waals surface area (Å²) in [5, 5.41) is 3.50. The van der Waals surface area contributed by atoms with E-state index >= 15 is 0 Å². The van der Waals surface area contributed by atoms with Crippen LogP contribution < -0.4 is 10.1 Å². The first-order valence-corrected chi connectivity index (χ1v) is 9.12. The molecule has 0 heterocycles. The van der Waals surface area contributed by atoms with Crippen LogP contribution >= 0.6 is 11.6 Å². The van der Waals surface area contributed by atoms with Gasteiger partial charge in [-0.2, -0.15) is 0 Å². The monoisotopic (exact) mass is 389 g/mol. The summed E-state index contributed by atoms with van der Waals surface area (Å²) >= 11 is 6.16. The van der Waals surface area contributed by atoms with Gasteiger partial charge in [0.05, 0.1) is 12.2 Å². The Kier molecular flexibility index (Phi) is 6.86. The van der Waals surface area contributed by atoms with Crippen LogP contribution in [0.2, 0.25) is 5.02 Å². The van der Waals surface area contributed by atoms with Crippen molar-refractivity contribution in [3.63, 3.8) is 0 Å². The molecule has 0 bridgehead atoms. The molecule has 0 aliphatic carbocycles. The molecule has 1 N–H and O–H groups in total. The van der Waals surface area contributed by atoms with Gasteiger partial charge in [0.2, 0.25) is 0 Å². The molecule has 1 amide bonds. The molecule has 27 heavy (non-hydrogen) atoms. The summed E-state index contributed by atoms with van der Waals surface area (Å²) in [6, 6.07) is 8.63. The Morgan fingerprint density at radius 2 is 1.70 bits per heavy atom. The highest BCUT2D eigenvalue weighted by Crippen LogP contribution is 2.26. The van der Waals surface area contributed by atoms with E-state index in [4.69, 9.17) is 21.1 Å². The summed E-state index contributed by atoms with van der Waals surface area (Å²) in [7, 11) is 0. The van der Waals surface area contributed by atoms with Crippen LogP contribution in [0.3, 0.4) is 0 Å². The molecule has 1 unspecified atom stereocenters. The fraction of sp³-hybridized carbons (Fsp3) is 0.333. The quantitative estimate of drug-likeness (QED) is 0.717. The average molecular weight is 390 g/mol. The number of esters is 1. The molecule has 2 rings (SSSR count). The molecule has 0 aliphatic heterocycles. The lowest BCUT2D eigenvalue weighted by Gasteiger charge is -2.17. The molecule has 0 saturated carbocycles. The molecule has 1 atom stereocenters. The Balaban J connectivity index is 2.12. The van der Waals surface area contributed by atoms with Gasteiger partial charge in [-0.1, -0.05) is 17.7 Å². The van der Waals surface area contributed by atoms with E-state index in [0.29, 0.717) is 28.6 Å². The molecule has 0 fully saturated rings. The van der Waals surface area contributed by atoms with Gasteiger partial charge in [-0.25, -0.2) is 4.79 Å². The summed E-state index contributed by atoms with van der Waals surface area (Å²) in [6.07, 6.45) is -0.726. The second kappa shape index (κ2) is 8.91. The van der Waals surface area contributed by atoms with Crippen LogP contribution in [0, 0.1) is 20.8 Å². The fourth-order valence-corrected chi connectivity index (χ4v) is 2.67. The molecule has 5 nitrogen and oxygen atoms in total. The third-order valence-corrected chi connectivity index (χ3v) is 4.69. The predicted octanol–water partition coefficient (Wildman–Crippen LogP) is 4.85. The van der Waals surface area contributed by atoms with E-state index in [0.717, 1.165) is 16.7 Å². The van der Waals surface area contributed by atoms with Gasteiger partial charge in [0.1, 0.15) is 5.75 Å². The highest BCUT2D eigenvalue weighted by atomic mass is 35.5. The molecular formula is C21H24ClNO4. The van der Waals surface area contributed by atoms with Crippen molar-refractivity contribution in [1.29, 1.82) is 0 Å². The zero-order chi connectivity index (χ0) is 20.1. The highest BCUT2D eigenvalue weighted by molar-refractivity contribution is 6.32. The van der Waals surface area contributed by atoms with Crippen LogP contribution in [0.5, 0.6) is 5.75 Å². The van der Waals surface area contributed by atoms with Crippen LogP contribution in [-0.4, -0.2) is 24.6 Å². The number of aryl methyl sites for hydroxylation is 3. The number of nitrogens with one attached hydrogen (secondary N) is 1. The van der Waals surface area contributed by atoms with Crippen LogP contribution in [0.1, 0.15) is 40.9 Å². The van der Waals surface area contributed by atoms with Gasteiger partial charge in [0.15, 0.2) is 6.10 Å². The number of carbonyl (C=O) groups is 2. The first kappa shape index (κ1) is 20.8. The second-order valence-corrected chi connectivity index (χ2v) is 6.75. The molecule has 0 spiro atoms. The van der Waals surface area contributed by atoms with Gasteiger partial charge in [-0.05, 0) is 75.6 Å². The molecule has 0 saturated heterocycles. The largest absolute Gasteiger partial charge is 0.481 e. The SMILES string of the molecule is CCOC(=O)c1ccc(C)c(NC(=O)C(C)Oc2cc(C)c(Cl)c(C)c2)c1. The van der Waals surface area contributed by atoms with Crippen molar-refractivity contribution in [3.05, 3.63) is 57.6 Å². The number of benzene rings is 2. The van der Waals surface area contributed by atoms with Crippen LogP contribution in [0.15, 0.2) is 30.3 Å². The van der Waals surface area contributed by atoms with E-state index in [1.807, 2.05) is 20.8 Å². The number of ether oxygens (including phenoxy) is 2. The molecule has 2 aromatic carbocycles. The van der Waals surface area contributed by atoms with Crippen molar-refractivity contribution in [3.8, 4) is 5.75 Å². The normalized spacial score (nSPS) is 11.6. The highest BCUT2D eigenvalue weighted by Gasteiger charge is 2.18. The predicted molar refractivity (Wildman–Crippen MR) is 107 cm³/mol. The summed E-state index contributed by atoms with van der Waals surface area (Å²) in [6.45, 7) is 9.32. The van der Waals surface area contributed by atoms with Crippen molar-refractivity contribution in [1.82, 2.24) is 0 Å². The van der Waals surface area contributed by atoms with E-state index in [2.05, 4.69) is 5.32 Å². The number of anilines is 1. The third kappa shape index (κ3) is 5.23. The first-order chi connectivity index (χ1) is 12.7. The Hall–Kier alpha value is -2.53. The van der Waals surface area contributed by atoms with Crippen molar-refractivity contribution in [2.45, 2.75) is 40.7 Å². The second-order valence-electron chi connectivity index (χ2n) is 6.37. The minimum absolute atomic E-state index is 0.291. The van der Waals surface area contributed by atoms with Gasteiger partial charge >= 0.3 is 5.97 Å². The van der Waals surface area contributed by atoms with Gasteiger partial charge < -0.3 is 14.8 Å². The summed E-state index contributed by atoms with van der Waals surface area (Å²) in [5.74, 6) is -0.164. The molecule has 0 aromatic heterocycles. The summed E-state index contributed by atoms with van der Waals surface area (Å²) in [4.78, 5) is 24.4. The van der Waals surface area contributed by atoms with Crippen LogP contribution in [0.4, 0.5) is 5.69 Å². The minimum Gasteiger partial charge on any atom is -0.481 e. The number of carbonyl (C=O) groups excluding carboxylic acids is 2. The van der Waals surface area contributed by atoms with Crippen molar-refractivity contribution >= 4 is 29.2 Å². The maximum atomic E-state index is 12.5. The number of rotatable bonds is 6. The van der Waals surface area contributed by atoms with Gasteiger partial charge in [-0.3, -0.25) is 4.79 Å². The number of amides is 1. The summed E-state index contributed by atoms with van der Waals surface area (Å²) in [5.41, 5.74) is 3.54. The maximum Gasteiger partial charge on any atom is 0.338 e. The maximum absolute atomic E-state index is 12.5. The molecular weight excluding hydrogens is 366 g/mol. The molecule has 0 aliphatic rings. The zero-order valence-electron chi connectivity index (χ0n) is 16.2. The van der Waals surface area contributed by atoms with Gasteiger partial charge in [-0.15, -0.1) is 0 Å². The summed E-state index contributed by atoms with van der Waals surface area (Å²) < 4.78 is 10.8. The van der Waals surface area contributed by atoms with Gasteiger partial charge in [0, 0.05) is 10.7 Å². The third-order valence-electron chi connectivity index (χ3n) is 4.10. The van der Waals surface area contributed by atoms with Crippen LogP contribution in [-0.2, 0) is 9.53 Å².